The van der Waals surface area contributed by atoms with Crippen LogP contribution in [0.15, 0.2) is 0 Å². The van der Waals surface area contributed by atoms with Crippen LogP contribution in [0.1, 0.15) is 64.7 Å². The Kier molecular flexibility index (Phi) is 5.79. The fourth-order valence-electron chi connectivity index (χ4n) is 2.89. The first-order valence-electron chi connectivity index (χ1n) is 7.81. The highest BCUT2D eigenvalue weighted by Gasteiger charge is 2.20. The van der Waals surface area contributed by atoms with Gasteiger partial charge in [0.05, 0.1) is 0 Å². The maximum absolute atomic E-state index is 3.67. The Morgan fingerprint density at radius 3 is 2.35 bits per heavy atom. The largest absolute Gasteiger partial charge is 0.313 e. The number of nitrogens with one attached hydrogen (secondary N) is 2. The maximum Gasteiger partial charge on any atom is 0.0164 e. The second-order valence-electron chi connectivity index (χ2n) is 6.18. The molecule has 2 aliphatic carbocycles. The lowest BCUT2D eigenvalue weighted by Gasteiger charge is -2.18. The summed E-state index contributed by atoms with van der Waals surface area (Å²) in [5, 5.41) is 7.26. The first-order valence-corrected chi connectivity index (χ1v) is 7.81. The van der Waals surface area contributed by atoms with Gasteiger partial charge in [0.2, 0.25) is 0 Å². The van der Waals surface area contributed by atoms with Gasteiger partial charge < -0.3 is 10.6 Å². The van der Waals surface area contributed by atoms with E-state index in [2.05, 4.69) is 17.6 Å². The summed E-state index contributed by atoms with van der Waals surface area (Å²) < 4.78 is 0. The highest BCUT2D eigenvalue weighted by atomic mass is 15.0. The van der Waals surface area contributed by atoms with Gasteiger partial charge in [0, 0.05) is 18.6 Å². The van der Waals surface area contributed by atoms with Crippen LogP contribution in [0.3, 0.4) is 0 Å². The van der Waals surface area contributed by atoms with E-state index in [4.69, 9.17) is 0 Å². The highest BCUT2D eigenvalue weighted by molar-refractivity contribution is 4.82. The lowest BCUT2D eigenvalue weighted by atomic mass is 9.96. The molecular weight excluding hydrogens is 208 g/mol. The van der Waals surface area contributed by atoms with Crippen molar-refractivity contribution in [1.82, 2.24) is 10.6 Å². The van der Waals surface area contributed by atoms with E-state index in [1.165, 1.54) is 64.3 Å². The molecule has 2 nitrogen and oxygen atoms in total. The van der Waals surface area contributed by atoms with E-state index in [1.54, 1.807) is 0 Å². The second-order valence-corrected chi connectivity index (χ2v) is 6.18. The molecule has 0 heterocycles. The molecule has 100 valence electrons. The molecule has 1 atom stereocenters. The summed E-state index contributed by atoms with van der Waals surface area (Å²) in [6, 6.07) is 1.49. The molecule has 2 N–H and O–H groups in total. The van der Waals surface area contributed by atoms with Crippen LogP contribution in [-0.2, 0) is 0 Å². The minimum atomic E-state index is 0.640. The molecule has 2 aliphatic rings. The van der Waals surface area contributed by atoms with E-state index in [0.29, 0.717) is 6.04 Å². The van der Waals surface area contributed by atoms with Gasteiger partial charge in [0.1, 0.15) is 0 Å². The maximum atomic E-state index is 3.67. The Hall–Kier alpha value is -0.0800. The van der Waals surface area contributed by atoms with Crippen LogP contribution in [0.4, 0.5) is 0 Å². The molecule has 0 aromatic heterocycles. The molecule has 2 rings (SSSR count). The SMILES string of the molecule is CC(CNC1CC1)NCCC1CCCCCC1. The van der Waals surface area contributed by atoms with Crippen LogP contribution in [0.2, 0.25) is 0 Å². The third-order valence-electron chi connectivity index (χ3n) is 4.31. The molecule has 0 aromatic rings. The minimum Gasteiger partial charge on any atom is -0.313 e. The van der Waals surface area contributed by atoms with Gasteiger partial charge in [0.15, 0.2) is 0 Å². The zero-order valence-electron chi connectivity index (χ0n) is 11.5. The highest BCUT2D eigenvalue weighted by Crippen LogP contribution is 2.24. The topological polar surface area (TPSA) is 24.1 Å². The van der Waals surface area contributed by atoms with E-state index in [0.717, 1.165) is 18.5 Å². The molecule has 0 aliphatic heterocycles. The molecule has 0 amide bonds. The summed E-state index contributed by atoms with van der Waals surface area (Å²) in [5.41, 5.74) is 0. The van der Waals surface area contributed by atoms with Gasteiger partial charge >= 0.3 is 0 Å². The fraction of sp³-hybridized carbons (Fsp3) is 1.00. The lowest BCUT2D eigenvalue weighted by molar-refractivity contribution is 0.396. The number of hydrogen-bond donors (Lipinski definition) is 2. The average molecular weight is 238 g/mol. The normalized spacial score (nSPS) is 24.5. The Bertz CT molecular complexity index is 193. The van der Waals surface area contributed by atoms with Crippen molar-refractivity contribution in [3.8, 4) is 0 Å². The van der Waals surface area contributed by atoms with Crippen LogP contribution in [0.5, 0.6) is 0 Å². The summed E-state index contributed by atoms with van der Waals surface area (Å²) in [4.78, 5) is 0. The zero-order chi connectivity index (χ0) is 11.9. The summed E-state index contributed by atoms with van der Waals surface area (Å²) in [7, 11) is 0. The van der Waals surface area contributed by atoms with Crippen molar-refractivity contribution < 1.29 is 0 Å². The van der Waals surface area contributed by atoms with Gasteiger partial charge in [-0.05, 0) is 38.6 Å². The van der Waals surface area contributed by atoms with E-state index < -0.39 is 0 Å². The monoisotopic (exact) mass is 238 g/mol. The van der Waals surface area contributed by atoms with Gasteiger partial charge in [-0.3, -0.25) is 0 Å². The number of rotatable bonds is 7. The van der Waals surface area contributed by atoms with Crippen molar-refractivity contribution in [3.05, 3.63) is 0 Å². The molecule has 0 saturated heterocycles. The standard InChI is InChI=1S/C15H30N2/c1-13(12-17-15-8-9-15)16-11-10-14-6-4-2-3-5-7-14/h13-17H,2-12H2,1H3. The average Bonchev–Trinajstić information content (AvgIpc) is 3.14. The van der Waals surface area contributed by atoms with Crippen molar-refractivity contribution >= 4 is 0 Å². The molecule has 17 heavy (non-hydrogen) atoms. The quantitative estimate of drug-likeness (QED) is 0.666. The summed E-state index contributed by atoms with van der Waals surface area (Å²) in [6.07, 6.45) is 13.1. The van der Waals surface area contributed by atoms with Crippen LogP contribution in [0, 0.1) is 5.92 Å². The molecule has 1 unspecified atom stereocenters. The Labute approximate surface area is 107 Å². The molecule has 0 bridgehead atoms. The number of hydrogen-bond acceptors (Lipinski definition) is 2. The van der Waals surface area contributed by atoms with E-state index in [1.807, 2.05) is 0 Å². The van der Waals surface area contributed by atoms with E-state index in [9.17, 15) is 0 Å². The van der Waals surface area contributed by atoms with E-state index in [-0.39, 0.29) is 0 Å². The molecule has 2 fully saturated rings. The minimum absolute atomic E-state index is 0.640. The second kappa shape index (κ2) is 7.38. The molecule has 0 spiro atoms. The van der Waals surface area contributed by atoms with Gasteiger partial charge in [0.25, 0.3) is 0 Å². The van der Waals surface area contributed by atoms with Gasteiger partial charge in [-0.1, -0.05) is 38.5 Å². The lowest BCUT2D eigenvalue weighted by Crippen LogP contribution is -2.38. The van der Waals surface area contributed by atoms with Crippen LogP contribution in [-0.4, -0.2) is 25.2 Å². The molecule has 0 aromatic carbocycles. The third-order valence-corrected chi connectivity index (χ3v) is 4.31. The predicted molar refractivity (Wildman–Crippen MR) is 74.3 cm³/mol. The Morgan fingerprint density at radius 1 is 1.00 bits per heavy atom. The fourth-order valence-corrected chi connectivity index (χ4v) is 2.89. The van der Waals surface area contributed by atoms with Gasteiger partial charge in [-0.15, -0.1) is 0 Å². The van der Waals surface area contributed by atoms with Crippen molar-refractivity contribution in [1.29, 1.82) is 0 Å². The molecule has 2 saturated carbocycles. The van der Waals surface area contributed by atoms with E-state index >= 15 is 0 Å². The van der Waals surface area contributed by atoms with Gasteiger partial charge in [-0.2, -0.15) is 0 Å². The van der Waals surface area contributed by atoms with Crippen LogP contribution < -0.4 is 10.6 Å². The van der Waals surface area contributed by atoms with Crippen LogP contribution in [0.25, 0.3) is 0 Å². The molecule has 0 radical (unpaired) electrons. The third kappa shape index (κ3) is 5.87. The summed E-state index contributed by atoms with van der Waals surface area (Å²) >= 11 is 0. The van der Waals surface area contributed by atoms with Crippen molar-refractivity contribution in [2.24, 2.45) is 5.92 Å². The zero-order valence-corrected chi connectivity index (χ0v) is 11.5. The predicted octanol–water partition coefficient (Wildman–Crippen LogP) is 3.08. The summed E-state index contributed by atoms with van der Waals surface area (Å²) in [6.45, 7) is 4.68. The first-order chi connectivity index (χ1) is 8.34. The van der Waals surface area contributed by atoms with Crippen molar-refractivity contribution in [2.75, 3.05) is 13.1 Å². The van der Waals surface area contributed by atoms with Crippen molar-refractivity contribution in [2.45, 2.75) is 76.8 Å². The van der Waals surface area contributed by atoms with Crippen molar-refractivity contribution in [3.63, 3.8) is 0 Å². The Balaban J connectivity index is 1.48. The summed E-state index contributed by atoms with van der Waals surface area (Å²) in [5.74, 6) is 1.01. The molecular formula is C15H30N2. The molecule has 2 heteroatoms. The van der Waals surface area contributed by atoms with Crippen LogP contribution >= 0.6 is 0 Å². The Morgan fingerprint density at radius 2 is 1.71 bits per heavy atom. The van der Waals surface area contributed by atoms with Gasteiger partial charge in [-0.25, -0.2) is 0 Å². The smallest absolute Gasteiger partial charge is 0.0164 e. The first kappa shape index (κ1) is 13.4.